The molecular weight excluding hydrogens is 270 g/mol. The zero-order valence-corrected chi connectivity index (χ0v) is 11.7. The molecule has 2 aliphatic heterocycles. The minimum Gasteiger partial charge on any atom is -0.489 e. The smallest absolute Gasteiger partial charge is 0.138 e. The Morgan fingerprint density at radius 3 is 3.17 bits per heavy atom. The van der Waals surface area contributed by atoms with E-state index in [9.17, 15) is 0 Å². The van der Waals surface area contributed by atoms with Crippen LogP contribution >= 0.6 is 23.4 Å². The lowest BCUT2D eigenvalue weighted by Crippen LogP contribution is -2.43. The molecule has 2 atom stereocenters. The topological polar surface area (TPSA) is 31.4 Å². The van der Waals surface area contributed by atoms with Crippen LogP contribution in [0.5, 0.6) is 5.75 Å². The molecule has 0 aliphatic carbocycles. The highest BCUT2D eigenvalue weighted by Crippen LogP contribution is 2.39. The molecule has 0 aromatic carbocycles. The highest BCUT2D eigenvalue weighted by Gasteiger charge is 2.41. The maximum Gasteiger partial charge on any atom is 0.138 e. The summed E-state index contributed by atoms with van der Waals surface area (Å²) in [5.41, 5.74) is 0.0629. The van der Waals surface area contributed by atoms with Gasteiger partial charge in [0.15, 0.2) is 0 Å². The molecule has 0 saturated carbocycles. The fourth-order valence-corrected chi connectivity index (χ4v) is 4.06. The van der Waals surface area contributed by atoms with E-state index in [-0.39, 0.29) is 11.7 Å². The van der Waals surface area contributed by atoms with Crippen molar-refractivity contribution in [3.8, 4) is 5.75 Å². The standard InChI is InChI=1S/C13H16ClNO2S/c14-12-2-1-11(8-15-12)17-10-3-5-16-13(7-10)4-6-18-9-13/h1-2,8,10H,3-7,9H2. The molecule has 3 rings (SSSR count). The Morgan fingerprint density at radius 1 is 1.50 bits per heavy atom. The van der Waals surface area contributed by atoms with Crippen molar-refractivity contribution < 1.29 is 9.47 Å². The first kappa shape index (κ1) is 12.6. The molecule has 98 valence electrons. The van der Waals surface area contributed by atoms with E-state index in [1.165, 1.54) is 5.75 Å². The van der Waals surface area contributed by atoms with Crippen LogP contribution in [-0.4, -0.2) is 34.8 Å². The lowest BCUT2D eigenvalue weighted by Gasteiger charge is -2.37. The third-order valence-corrected chi connectivity index (χ3v) is 4.96. The van der Waals surface area contributed by atoms with Crippen LogP contribution in [0.4, 0.5) is 0 Å². The van der Waals surface area contributed by atoms with Gasteiger partial charge >= 0.3 is 0 Å². The van der Waals surface area contributed by atoms with Gasteiger partial charge in [-0.2, -0.15) is 11.8 Å². The molecule has 3 heterocycles. The Balaban J connectivity index is 1.64. The quantitative estimate of drug-likeness (QED) is 0.781. The first-order valence-electron chi connectivity index (χ1n) is 6.26. The largest absolute Gasteiger partial charge is 0.489 e. The van der Waals surface area contributed by atoms with Crippen molar-refractivity contribution in [2.24, 2.45) is 0 Å². The van der Waals surface area contributed by atoms with Gasteiger partial charge in [0.25, 0.3) is 0 Å². The summed E-state index contributed by atoms with van der Waals surface area (Å²) in [5, 5.41) is 0.498. The normalized spacial score (nSPS) is 31.7. The van der Waals surface area contributed by atoms with E-state index in [4.69, 9.17) is 21.1 Å². The van der Waals surface area contributed by atoms with Crippen LogP contribution < -0.4 is 4.74 Å². The fraction of sp³-hybridized carbons (Fsp3) is 0.615. The zero-order valence-electron chi connectivity index (χ0n) is 10.1. The van der Waals surface area contributed by atoms with Crippen molar-refractivity contribution in [2.75, 3.05) is 18.1 Å². The number of ether oxygens (including phenoxy) is 2. The molecule has 1 aromatic rings. The minimum atomic E-state index is 0.0629. The Labute approximate surface area is 116 Å². The molecule has 0 bridgehead atoms. The monoisotopic (exact) mass is 285 g/mol. The van der Waals surface area contributed by atoms with Gasteiger partial charge in [-0.3, -0.25) is 0 Å². The summed E-state index contributed by atoms with van der Waals surface area (Å²) in [6, 6.07) is 3.64. The van der Waals surface area contributed by atoms with Crippen molar-refractivity contribution in [1.29, 1.82) is 0 Å². The molecule has 0 amide bonds. The van der Waals surface area contributed by atoms with Crippen molar-refractivity contribution >= 4 is 23.4 Å². The zero-order chi connectivity index (χ0) is 12.4. The van der Waals surface area contributed by atoms with E-state index in [1.807, 2.05) is 17.8 Å². The van der Waals surface area contributed by atoms with E-state index in [0.717, 1.165) is 37.4 Å². The second kappa shape index (κ2) is 5.27. The van der Waals surface area contributed by atoms with Crippen molar-refractivity contribution in [3.05, 3.63) is 23.5 Å². The molecule has 18 heavy (non-hydrogen) atoms. The second-order valence-corrected chi connectivity index (χ2v) is 6.38. The highest BCUT2D eigenvalue weighted by molar-refractivity contribution is 7.99. The molecule has 2 aliphatic rings. The number of halogens is 1. The van der Waals surface area contributed by atoms with Crippen molar-refractivity contribution in [3.63, 3.8) is 0 Å². The summed E-state index contributed by atoms with van der Waals surface area (Å²) >= 11 is 7.74. The summed E-state index contributed by atoms with van der Waals surface area (Å²) in [7, 11) is 0. The molecule has 2 saturated heterocycles. The third kappa shape index (κ3) is 2.76. The fourth-order valence-electron chi connectivity index (χ4n) is 2.57. The summed E-state index contributed by atoms with van der Waals surface area (Å²) < 4.78 is 12.0. The number of hydrogen-bond donors (Lipinski definition) is 0. The number of thioether (sulfide) groups is 1. The van der Waals surface area contributed by atoms with Crippen LogP contribution in [0.15, 0.2) is 18.3 Å². The molecule has 0 N–H and O–H groups in total. The molecule has 0 radical (unpaired) electrons. The van der Waals surface area contributed by atoms with E-state index in [1.54, 1.807) is 12.3 Å². The Kier molecular flexibility index (Phi) is 3.68. The van der Waals surface area contributed by atoms with E-state index in [2.05, 4.69) is 4.98 Å². The van der Waals surface area contributed by atoms with Gasteiger partial charge in [0.2, 0.25) is 0 Å². The average molecular weight is 286 g/mol. The van der Waals surface area contributed by atoms with Gasteiger partial charge in [0, 0.05) is 18.6 Å². The number of nitrogens with zero attached hydrogens (tertiary/aromatic N) is 1. The lowest BCUT2D eigenvalue weighted by atomic mass is 9.91. The van der Waals surface area contributed by atoms with Crippen LogP contribution in [-0.2, 0) is 4.74 Å². The molecule has 1 aromatic heterocycles. The number of aromatic nitrogens is 1. The summed E-state index contributed by atoms with van der Waals surface area (Å²) in [6.45, 7) is 0.798. The second-order valence-electron chi connectivity index (χ2n) is 4.88. The van der Waals surface area contributed by atoms with Gasteiger partial charge in [-0.05, 0) is 24.3 Å². The van der Waals surface area contributed by atoms with Crippen LogP contribution in [0, 0.1) is 0 Å². The maximum absolute atomic E-state index is 5.99. The predicted molar refractivity (Wildman–Crippen MR) is 73.5 cm³/mol. The van der Waals surface area contributed by atoms with E-state index >= 15 is 0 Å². The van der Waals surface area contributed by atoms with Crippen LogP contribution in [0.3, 0.4) is 0 Å². The SMILES string of the molecule is Clc1ccc(OC2CCOC3(CCSC3)C2)cn1. The highest BCUT2D eigenvalue weighted by atomic mass is 35.5. The van der Waals surface area contributed by atoms with Crippen LogP contribution in [0.25, 0.3) is 0 Å². The summed E-state index contributed by atoms with van der Waals surface area (Å²) in [5.74, 6) is 3.10. The molecule has 3 nitrogen and oxygen atoms in total. The Bertz CT molecular complexity index is 406. The van der Waals surface area contributed by atoms with Crippen molar-refractivity contribution in [2.45, 2.75) is 31.0 Å². The average Bonchev–Trinajstić information content (AvgIpc) is 2.80. The third-order valence-electron chi connectivity index (χ3n) is 3.52. The van der Waals surface area contributed by atoms with Gasteiger partial charge in [0.05, 0.1) is 18.4 Å². The van der Waals surface area contributed by atoms with Crippen LogP contribution in [0.1, 0.15) is 19.3 Å². The predicted octanol–water partition coefficient (Wildman–Crippen LogP) is 3.17. The van der Waals surface area contributed by atoms with Gasteiger partial charge in [-0.25, -0.2) is 4.98 Å². The van der Waals surface area contributed by atoms with Crippen molar-refractivity contribution in [1.82, 2.24) is 4.98 Å². The molecule has 5 heteroatoms. The van der Waals surface area contributed by atoms with Gasteiger partial charge in [-0.15, -0.1) is 0 Å². The number of rotatable bonds is 2. The lowest BCUT2D eigenvalue weighted by molar-refractivity contribution is -0.0959. The molecule has 2 unspecified atom stereocenters. The van der Waals surface area contributed by atoms with E-state index < -0.39 is 0 Å². The molecule has 1 spiro atoms. The first-order valence-corrected chi connectivity index (χ1v) is 7.79. The summed E-state index contributed by atoms with van der Waals surface area (Å²) in [4.78, 5) is 4.04. The van der Waals surface area contributed by atoms with Gasteiger partial charge in [0.1, 0.15) is 17.0 Å². The first-order chi connectivity index (χ1) is 8.76. The molecule has 2 fully saturated rings. The van der Waals surface area contributed by atoms with Gasteiger partial charge in [-0.1, -0.05) is 11.6 Å². The maximum atomic E-state index is 5.99. The summed E-state index contributed by atoms with van der Waals surface area (Å²) in [6.07, 6.45) is 5.02. The Hall–Kier alpha value is -0.450. The number of hydrogen-bond acceptors (Lipinski definition) is 4. The van der Waals surface area contributed by atoms with E-state index in [0.29, 0.717) is 5.15 Å². The number of pyridine rings is 1. The minimum absolute atomic E-state index is 0.0629. The molecular formula is C13H16ClNO2S. The Morgan fingerprint density at radius 2 is 2.44 bits per heavy atom. The van der Waals surface area contributed by atoms with Gasteiger partial charge < -0.3 is 9.47 Å². The van der Waals surface area contributed by atoms with Crippen LogP contribution in [0.2, 0.25) is 5.15 Å².